The van der Waals surface area contributed by atoms with E-state index in [1.807, 2.05) is 0 Å². The van der Waals surface area contributed by atoms with Gasteiger partial charge in [-0.05, 0) is 18.8 Å². The molecular weight excluding hydrogens is 278 g/mol. The van der Waals surface area contributed by atoms with Crippen LogP contribution in [0.25, 0.3) is 0 Å². The van der Waals surface area contributed by atoms with Crippen molar-refractivity contribution in [2.24, 2.45) is 5.92 Å². The Balaban J connectivity index is 1.77. The second-order valence-corrected chi connectivity index (χ2v) is 5.45. The highest BCUT2D eigenvalue weighted by molar-refractivity contribution is 6.32. The average Bonchev–Trinajstić information content (AvgIpc) is 2.89. The van der Waals surface area contributed by atoms with E-state index in [2.05, 4.69) is 20.4 Å². The first-order chi connectivity index (χ1) is 9.74. The van der Waals surface area contributed by atoms with Gasteiger partial charge in [-0.1, -0.05) is 18.0 Å². The molecule has 0 aromatic carbocycles. The monoisotopic (exact) mass is 293 g/mol. The molecule has 1 aliphatic rings. The lowest BCUT2D eigenvalue weighted by Gasteiger charge is -2.25. The van der Waals surface area contributed by atoms with Crippen molar-refractivity contribution >= 4 is 17.3 Å². The SMILES string of the molecule is O=c1c(NCc2ncc[nH]2)c(Cl)cnn1CC1CCC1. The van der Waals surface area contributed by atoms with Crippen molar-refractivity contribution in [2.75, 3.05) is 5.32 Å². The number of aromatic nitrogens is 4. The standard InChI is InChI=1S/C13H16ClN5O/c14-10-6-18-19(8-9-2-1-3-9)13(20)12(10)17-7-11-15-4-5-16-11/h4-6,9,17H,1-3,7-8H2,(H,15,16). The van der Waals surface area contributed by atoms with Gasteiger partial charge in [0.1, 0.15) is 11.5 Å². The molecule has 20 heavy (non-hydrogen) atoms. The van der Waals surface area contributed by atoms with Crippen LogP contribution in [0.3, 0.4) is 0 Å². The summed E-state index contributed by atoms with van der Waals surface area (Å²) < 4.78 is 1.50. The maximum Gasteiger partial charge on any atom is 0.291 e. The normalized spacial score (nSPS) is 15.1. The van der Waals surface area contributed by atoms with Crippen LogP contribution < -0.4 is 10.9 Å². The van der Waals surface area contributed by atoms with E-state index in [0.29, 0.717) is 29.7 Å². The lowest BCUT2D eigenvalue weighted by atomic mass is 9.85. The molecule has 2 aromatic rings. The largest absolute Gasteiger partial charge is 0.372 e. The number of hydrogen-bond donors (Lipinski definition) is 2. The number of halogens is 1. The van der Waals surface area contributed by atoms with E-state index in [1.54, 1.807) is 12.4 Å². The van der Waals surface area contributed by atoms with Gasteiger partial charge in [-0.25, -0.2) is 9.67 Å². The third kappa shape index (κ3) is 2.70. The molecule has 0 saturated heterocycles. The molecule has 0 radical (unpaired) electrons. The Hall–Kier alpha value is -1.82. The van der Waals surface area contributed by atoms with Crippen LogP contribution in [0.1, 0.15) is 25.1 Å². The van der Waals surface area contributed by atoms with Crippen molar-refractivity contribution in [1.29, 1.82) is 0 Å². The molecule has 2 aromatic heterocycles. The number of nitrogens with one attached hydrogen (secondary N) is 2. The summed E-state index contributed by atoms with van der Waals surface area (Å²) >= 11 is 6.06. The van der Waals surface area contributed by atoms with Gasteiger partial charge in [-0.2, -0.15) is 5.10 Å². The van der Waals surface area contributed by atoms with Gasteiger partial charge in [0.15, 0.2) is 0 Å². The van der Waals surface area contributed by atoms with Crippen molar-refractivity contribution < 1.29 is 0 Å². The highest BCUT2D eigenvalue weighted by atomic mass is 35.5. The van der Waals surface area contributed by atoms with Crippen molar-refractivity contribution in [3.8, 4) is 0 Å². The van der Waals surface area contributed by atoms with Crippen LogP contribution in [0.5, 0.6) is 0 Å². The number of imidazole rings is 1. The zero-order valence-electron chi connectivity index (χ0n) is 11.0. The summed E-state index contributed by atoms with van der Waals surface area (Å²) in [6, 6.07) is 0. The zero-order chi connectivity index (χ0) is 13.9. The van der Waals surface area contributed by atoms with Crippen molar-refractivity contribution in [1.82, 2.24) is 19.7 Å². The highest BCUT2D eigenvalue weighted by Gasteiger charge is 2.20. The summed E-state index contributed by atoms with van der Waals surface area (Å²) in [7, 11) is 0. The number of H-pyrrole nitrogens is 1. The summed E-state index contributed by atoms with van der Waals surface area (Å²) in [5.41, 5.74) is 0.216. The lowest BCUT2D eigenvalue weighted by Crippen LogP contribution is -2.30. The summed E-state index contributed by atoms with van der Waals surface area (Å²) in [6.45, 7) is 1.10. The van der Waals surface area contributed by atoms with Gasteiger partial charge in [-0.3, -0.25) is 4.79 Å². The predicted molar refractivity (Wildman–Crippen MR) is 76.8 cm³/mol. The lowest BCUT2D eigenvalue weighted by molar-refractivity contribution is 0.262. The first-order valence-corrected chi connectivity index (χ1v) is 7.09. The molecule has 3 rings (SSSR count). The van der Waals surface area contributed by atoms with E-state index in [9.17, 15) is 4.79 Å². The number of hydrogen-bond acceptors (Lipinski definition) is 4. The van der Waals surface area contributed by atoms with Gasteiger partial charge in [0, 0.05) is 18.9 Å². The summed E-state index contributed by atoms with van der Waals surface area (Å²) in [4.78, 5) is 19.4. The Morgan fingerprint density at radius 1 is 1.50 bits per heavy atom. The Kier molecular flexibility index (Phi) is 3.73. The number of aromatic amines is 1. The summed E-state index contributed by atoms with van der Waals surface area (Å²) in [5.74, 6) is 1.32. The number of nitrogens with zero attached hydrogens (tertiary/aromatic N) is 3. The Morgan fingerprint density at radius 2 is 2.35 bits per heavy atom. The molecule has 0 unspecified atom stereocenters. The Bertz CT molecular complexity index is 633. The zero-order valence-corrected chi connectivity index (χ0v) is 11.7. The topological polar surface area (TPSA) is 75.6 Å². The van der Waals surface area contributed by atoms with E-state index in [4.69, 9.17) is 11.6 Å². The van der Waals surface area contributed by atoms with Crippen molar-refractivity contribution in [2.45, 2.75) is 32.4 Å². The Labute approximate surface area is 121 Å². The van der Waals surface area contributed by atoms with Crippen LogP contribution in [0.4, 0.5) is 5.69 Å². The Morgan fingerprint density at radius 3 is 3.00 bits per heavy atom. The maximum absolute atomic E-state index is 12.3. The molecule has 0 bridgehead atoms. The predicted octanol–water partition coefficient (Wildman–Crippen LogP) is 2.03. The van der Waals surface area contributed by atoms with Crippen LogP contribution in [-0.2, 0) is 13.1 Å². The van der Waals surface area contributed by atoms with E-state index in [-0.39, 0.29) is 5.56 Å². The molecular formula is C13H16ClN5O. The smallest absolute Gasteiger partial charge is 0.291 e. The molecule has 0 aliphatic heterocycles. The maximum atomic E-state index is 12.3. The molecule has 106 valence electrons. The van der Waals surface area contributed by atoms with E-state index < -0.39 is 0 Å². The summed E-state index contributed by atoms with van der Waals surface area (Å²) in [5, 5.41) is 7.49. The third-order valence-corrected chi connectivity index (χ3v) is 3.93. The minimum absolute atomic E-state index is 0.170. The first kappa shape index (κ1) is 13.2. The highest BCUT2D eigenvalue weighted by Crippen LogP contribution is 2.27. The van der Waals surface area contributed by atoms with Gasteiger partial charge >= 0.3 is 0 Å². The van der Waals surface area contributed by atoms with Crippen LogP contribution in [0.2, 0.25) is 5.02 Å². The van der Waals surface area contributed by atoms with Gasteiger partial charge in [-0.15, -0.1) is 0 Å². The molecule has 0 spiro atoms. The van der Waals surface area contributed by atoms with Crippen LogP contribution in [-0.4, -0.2) is 19.7 Å². The van der Waals surface area contributed by atoms with Gasteiger partial charge < -0.3 is 10.3 Å². The molecule has 1 fully saturated rings. The summed E-state index contributed by atoms with van der Waals surface area (Å²) in [6.07, 6.45) is 8.51. The van der Waals surface area contributed by atoms with Gasteiger partial charge in [0.2, 0.25) is 0 Å². The van der Waals surface area contributed by atoms with E-state index >= 15 is 0 Å². The number of anilines is 1. The minimum atomic E-state index is -0.170. The second-order valence-electron chi connectivity index (χ2n) is 5.04. The van der Waals surface area contributed by atoms with Crippen LogP contribution >= 0.6 is 11.6 Å². The fourth-order valence-corrected chi connectivity index (χ4v) is 2.44. The molecule has 6 nitrogen and oxygen atoms in total. The average molecular weight is 294 g/mol. The number of rotatable bonds is 5. The molecule has 2 heterocycles. The van der Waals surface area contributed by atoms with Gasteiger partial charge in [0.25, 0.3) is 5.56 Å². The van der Waals surface area contributed by atoms with Crippen LogP contribution in [0, 0.1) is 5.92 Å². The molecule has 0 amide bonds. The second kappa shape index (κ2) is 5.66. The van der Waals surface area contributed by atoms with E-state index in [0.717, 1.165) is 5.82 Å². The van der Waals surface area contributed by atoms with Crippen molar-refractivity contribution in [3.05, 3.63) is 39.8 Å². The van der Waals surface area contributed by atoms with Gasteiger partial charge in [0.05, 0.1) is 17.8 Å². The molecule has 1 saturated carbocycles. The van der Waals surface area contributed by atoms with Crippen LogP contribution in [0.15, 0.2) is 23.4 Å². The third-order valence-electron chi connectivity index (χ3n) is 3.64. The van der Waals surface area contributed by atoms with E-state index in [1.165, 1.54) is 30.1 Å². The first-order valence-electron chi connectivity index (χ1n) is 6.72. The molecule has 0 atom stereocenters. The fraction of sp³-hybridized carbons (Fsp3) is 0.462. The molecule has 2 N–H and O–H groups in total. The molecule has 1 aliphatic carbocycles. The van der Waals surface area contributed by atoms with Crippen molar-refractivity contribution in [3.63, 3.8) is 0 Å². The quantitative estimate of drug-likeness (QED) is 0.884. The minimum Gasteiger partial charge on any atom is -0.372 e. The molecule has 7 heteroatoms. The fourth-order valence-electron chi connectivity index (χ4n) is 2.25.